The smallest absolute Gasteiger partial charge is 0.407 e. The van der Waals surface area contributed by atoms with Crippen molar-refractivity contribution in [2.24, 2.45) is 17.8 Å². The number of methoxy groups -OCH3 is 1. The van der Waals surface area contributed by atoms with Gasteiger partial charge in [-0.15, -0.1) is 0 Å². The summed E-state index contributed by atoms with van der Waals surface area (Å²) >= 11 is 0. The highest BCUT2D eigenvalue weighted by molar-refractivity contribution is 5.94. The fraction of sp³-hybridized carbons (Fsp3) is 0.786. The van der Waals surface area contributed by atoms with Crippen molar-refractivity contribution in [3.05, 3.63) is 0 Å². The minimum absolute atomic E-state index is 0.0486. The van der Waals surface area contributed by atoms with E-state index in [-0.39, 0.29) is 29.4 Å². The number of hydrogen-bond donors (Lipinski definition) is 2. The van der Waals surface area contributed by atoms with Crippen molar-refractivity contribution in [3.8, 4) is 0 Å². The second-order valence-corrected chi connectivity index (χ2v) is 5.52. The molecule has 0 aromatic rings. The third-order valence-electron chi connectivity index (χ3n) is 3.90. The summed E-state index contributed by atoms with van der Waals surface area (Å²) in [4.78, 5) is 35.8. The summed E-state index contributed by atoms with van der Waals surface area (Å²) in [6, 6.07) is -0.613. The van der Waals surface area contributed by atoms with Crippen LogP contribution >= 0.6 is 0 Å². The lowest BCUT2D eigenvalue weighted by molar-refractivity contribution is -0.133. The standard InChI is InChI=1S/C14H24N2O4/c1-8(2)11(16-14(19)20-4)12(17)9-6-5-7-10(9)13(18)15-3/h8-11H,5-7H2,1-4H3,(H,15,18)(H,16,19). The molecule has 20 heavy (non-hydrogen) atoms. The van der Waals surface area contributed by atoms with Crippen molar-refractivity contribution >= 4 is 17.8 Å². The van der Waals surface area contributed by atoms with Crippen molar-refractivity contribution in [1.29, 1.82) is 0 Å². The Morgan fingerprint density at radius 1 is 1.15 bits per heavy atom. The lowest BCUT2D eigenvalue weighted by Gasteiger charge is -2.26. The Hall–Kier alpha value is -1.59. The maximum Gasteiger partial charge on any atom is 0.407 e. The molecule has 1 aliphatic carbocycles. The van der Waals surface area contributed by atoms with E-state index in [9.17, 15) is 14.4 Å². The highest BCUT2D eigenvalue weighted by Gasteiger charge is 2.41. The third kappa shape index (κ3) is 3.71. The van der Waals surface area contributed by atoms with Gasteiger partial charge in [-0.1, -0.05) is 20.3 Å². The van der Waals surface area contributed by atoms with Gasteiger partial charge in [-0.2, -0.15) is 0 Å². The molecule has 0 radical (unpaired) electrons. The summed E-state index contributed by atoms with van der Waals surface area (Å²) < 4.78 is 4.56. The van der Waals surface area contributed by atoms with E-state index in [1.165, 1.54) is 7.11 Å². The average molecular weight is 284 g/mol. The molecule has 0 spiro atoms. The second-order valence-electron chi connectivity index (χ2n) is 5.52. The Morgan fingerprint density at radius 3 is 2.25 bits per heavy atom. The molecular weight excluding hydrogens is 260 g/mol. The number of hydrogen-bond acceptors (Lipinski definition) is 4. The summed E-state index contributed by atoms with van der Waals surface area (Å²) in [5.74, 6) is -0.821. The lowest BCUT2D eigenvalue weighted by Crippen LogP contribution is -2.48. The molecule has 2 N–H and O–H groups in total. The van der Waals surface area contributed by atoms with Gasteiger partial charge in [0.05, 0.1) is 13.2 Å². The van der Waals surface area contributed by atoms with Gasteiger partial charge in [-0.05, 0) is 18.8 Å². The van der Waals surface area contributed by atoms with Crippen LogP contribution in [0.25, 0.3) is 0 Å². The third-order valence-corrected chi connectivity index (χ3v) is 3.90. The van der Waals surface area contributed by atoms with Gasteiger partial charge in [0.15, 0.2) is 5.78 Å². The molecule has 3 atom stereocenters. The van der Waals surface area contributed by atoms with Gasteiger partial charge in [0.25, 0.3) is 0 Å². The van der Waals surface area contributed by atoms with Crippen LogP contribution in [-0.2, 0) is 14.3 Å². The number of Topliss-reactive ketones (excluding diaryl/α,β-unsaturated/α-hetero) is 1. The molecule has 6 nitrogen and oxygen atoms in total. The lowest BCUT2D eigenvalue weighted by atomic mass is 9.84. The molecule has 0 heterocycles. The van der Waals surface area contributed by atoms with Crippen molar-refractivity contribution < 1.29 is 19.1 Å². The molecule has 1 aliphatic rings. The van der Waals surface area contributed by atoms with Crippen LogP contribution in [0.4, 0.5) is 4.79 Å². The van der Waals surface area contributed by atoms with Gasteiger partial charge in [-0.25, -0.2) is 4.79 Å². The zero-order valence-corrected chi connectivity index (χ0v) is 12.6. The molecule has 1 rings (SSSR count). The molecule has 114 valence electrons. The van der Waals surface area contributed by atoms with Gasteiger partial charge < -0.3 is 15.4 Å². The maximum absolute atomic E-state index is 12.6. The van der Waals surface area contributed by atoms with Crippen molar-refractivity contribution in [3.63, 3.8) is 0 Å². The number of carbonyl (C=O) groups excluding carboxylic acids is 3. The highest BCUT2D eigenvalue weighted by Crippen LogP contribution is 2.34. The van der Waals surface area contributed by atoms with Gasteiger partial charge in [0, 0.05) is 18.9 Å². The van der Waals surface area contributed by atoms with Crippen LogP contribution in [0.5, 0.6) is 0 Å². The monoisotopic (exact) mass is 284 g/mol. The number of alkyl carbamates (subject to hydrolysis) is 1. The van der Waals surface area contributed by atoms with Gasteiger partial charge in [0.1, 0.15) is 0 Å². The molecule has 0 aromatic carbocycles. The molecule has 3 unspecified atom stereocenters. The van der Waals surface area contributed by atoms with Gasteiger partial charge in [0.2, 0.25) is 5.91 Å². The topological polar surface area (TPSA) is 84.5 Å². The predicted octanol–water partition coefficient (Wildman–Crippen LogP) is 1.10. The van der Waals surface area contributed by atoms with Crippen LogP contribution in [-0.4, -0.2) is 38.0 Å². The summed E-state index contributed by atoms with van der Waals surface area (Å²) in [6.45, 7) is 3.73. The fourth-order valence-corrected chi connectivity index (χ4v) is 2.78. The van der Waals surface area contributed by atoms with Crippen LogP contribution in [0.1, 0.15) is 33.1 Å². The first-order chi connectivity index (χ1) is 9.42. The summed E-state index contributed by atoms with van der Waals surface area (Å²) in [7, 11) is 2.84. The van der Waals surface area contributed by atoms with Gasteiger partial charge in [-0.3, -0.25) is 9.59 Å². The zero-order chi connectivity index (χ0) is 15.3. The molecule has 0 aromatic heterocycles. The average Bonchev–Trinajstić information content (AvgIpc) is 2.91. The molecule has 2 amide bonds. The number of nitrogens with one attached hydrogen (secondary N) is 2. The van der Waals surface area contributed by atoms with E-state index in [1.54, 1.807) is 7.05 Å². The van der Waals surface area contributed by atoms with E-state index < -0.39 is 12.1 Å². The number of carbonyl (C=O) groups is 3. The predicted molar refractivity (Wildman–Crippen MR) is 74.1 cm³/mol. The Bertz CT molecular complexity index is 377. The van der Waals surface area contributed by atoms with E-state index in [0.717, 1.165) is 12.8 Å². The first-order valence-corrected chi connectivity index (χ1v) is 7.02. The molecule has 0 aliphatic heterocycles. The molecule has 0 bridgehead atoms. The normalized spacial score (nSPS) is 23.2. The summed E-state index contributed by atoms with van der Waals surface area (Å²) in [6.07, 6.45) is 1.66. The quantitative estimate of drug-likeness (QED) is 0.791. The molecule has 1 fully saturated rings. The van der Waals surface area contributed by atoms with Crippen LogP contribution in [0, 0.1) is 17.8 Å². The minimum atomic E-state index is -0.619. The summed E-state index contributed by atoms with van der Waals surface area (Å²) in [5, 5.41) is 5.19. The summed E-state index contributed by atoms with van der Waals surface area (Å²) in [5.41, 5.74) is 0. The Labute approximate surface area is 119 Å². The Morgan fingerprint density at radius 2 is 1.75 bits per heavy atom. The van der Waals surface area contributed by atoms with Crippen LogP contribution in [0.2, 0.25) is 0 Å². The second kappa shape index (κ2) is 7.26. The van der Waals surface area contributed by atoms with Crippen LogP contribution < -0.4 is 10.6 Å². The maximum atomic E-state index is 12.6. The number of rotatable bonds is 5. The van der Waals surface area contributed by atoms with Crippen molar-refractivity contribution in [2.45, 2.75) is 39.2 Å². The van der Waals surface area contributed by atoms with Crippen molar-refractivity contribution in [1.82, 2.24) is 10.6 Å². The van der Waals surface area contributed by atoms with E-state index in [4.69, 9.17) is 0 Å². The molecule has 0 saturated heterocycles. The number of amides is 2. The largest absolute Gasteiger partial charge is 0.453 e. The van der Waals surface area contributed by atoms with Crippen molar-refractivity contribution in [2.75, 3.05) is 14.2 Å². The Balaban J connectivity index is 2.83. The Kier molecular flexibility index (Phi) is 5.98. The van der Waals surface area contributed by atoms with Gasteiger partial charge >= 0.3 is 6.09 Å². The van der Waals surface area contributed by atoms with Crippen LogP contribution in [0.3, 0.4) is 0 Å². The highest BCUT2D eigenvalue weighted by atomic mass is 16.5. The molecular formula is C14H24N2O4. The van der Waals surface area contributed by atoms with E-state index in [0.29, 0.717) is 6.42 Å². The minimum Gasteiger partial charge on any atom is -0.453 e. The fourth-order valence-electron chi connectivity index (χ4n) is 2.78. The first kappa shape index (κ1) is 16.5. The first-order valence-electron chi connectivity index (χ1n) is 7.02. The SMILES string of the molecule is CNC(=O)C1CCCC1C(=O)C(NC(=O)OC)C(C)C. The number of ether oxygens (including phenoxy) is 1. The van der Waals surface area contributed by atoms with Crippen LogP contribution in [0.15, 0.2) is 0 Å². The van der Waals surface area contributed by atoms with E-state index >= 15 is 0 Å². The number of ketones is 1. The molecule has 1 saturated carbocycles. The zero-order valence-electron chi connectivity index (χ0n) is 12.6. The molecule has 6 heteroatoms. The van der Waals surface area contributed by atoms with E-state index in [2.05, 4.69) is 15.4 Å². The van der Waals surface area contributed by atoms with E-state index in [1.807, 2.05) is 13.8 Å².